The highest BCUT2D eigenvalue weighted by Crippen LogP contribution is 2.17. The fraction of sp³-hybridized carbons (Fsp3) is 0.333. The largest absolute Gasteiger partial charge is 0.338 e. The Kier molecular flexibility index (Phi) is 5.53. The van der Waals surface area contributed by atoms with Crippen molar-refractivity contribution in [2.75, 3.05) is 26.2 Å². The number of H-pyrrole nitrogens is 1. The molecule has 1 fully saturated rings. The summed E-state index contributed by atoms with van der Waals surface area (Å²) < 4.78 is 26.6. The molecule has 0 bridgehead atoms. The molecule has 26 heavy (non-hydrogen) atoms. The number of sulfonamides is 1. The quantitative estimate of drug-likeness (QED) is 0.826. The molecule has 7 nitrogen and oxygen atoms in total. The summed E-state index contributed by atoms with van der Waals surface area (Å²) in [4.78, 5) is 20.9. The normalized spacial score (nSPS) is 17.1. The van der Waals surface area contributed by atoms with Gasteiger partial charge in [-0.05, 0) is 25.0 Å². The van der Waals surface area contributed by atoms with Crippen molar-refractivity contribution in [1.29, 1.82) is 0 Å². The number of carbonyl (C=O) groups excluding carboxylic acids is 1. The van der Waals surface area contributed by atoms with Crippen LogP contribution < -0.4 is 0 Å². The van der Waals surface area contributed by atoms with Crippen molar-refractivity contribution in [2.45, 2.75) is 18.4 Å². The number of nitrogens with one attached hydrogen (secondary N) is 1. The van der Waals surface area contributed by atoms with Crippen molar-refractivity contribution in [3.63, 3.8) is 0 Å². The van der Waals surface area contributed by atoms with Gasteiger partial charge in [-0.25, -0.2) is 13.4 Å². The highest BCUT2D eigenvalue weighted by atomic mass is 32.2. The van der Waals surface area contributed by atoms with Gasteiger partial charge in [-0.2, -0.15) is 4.31 Å². The summed E-state index contributed by atoms with van der Waals surface area (Å²) in [6.07, 6.45) is 5.10. The summed E-state index contributed by atoms with van der Waals surface area (Å²) in [5, 5.41) is 0.0810. The summed E-state index contributed by atoms with van der Waals surface area (Å²) in [7, 11) is -3.60. The van der Waals surface area contributed by atoms with Crippen molar-refractivity contribution < 1.29 is 13.2 Å². The lowest BCUT2D eigenvalue weighted by Gasteiger charge is -2.21. The molecule has 1 aromatic carbocycles. The SMILES string of the molecule is CC(=Cc1ccccc1)C(=O)N1CCCN(S(=O)(=O)c2cnc[nH]2)CC1. The zero-order valence-electron chi connectivity index (χ0n) is 14.6. The molecular weight excluding hydrogens is 352 g/mol. The zero-order valence-corrected chi connectivity index (χ0v) is 15.4. The lowest BCUT2D eigenvalue weighted by molar-refractivity contribution is -0.126. The van der Waals surface area contributed by atoms with Crippen molar-refractivity contribution in [1.82, 2.24) is 19.2 Å². The van der Waals surface area contributed by atoms with Gasteiger partial charge < -0.3 is 9.88 Å². The first-order chi connectivity index (χ1) is 12.5. The number of nitrogens with zero attached hydrogens (tertiary/aromatic N) is 3. The number of aromatic amines is 1. The first-order valence-electron chi connectivity index (χ1n) is 8.49. The van der Waals surface area contributed by atoms with E-state index in [0.717, 1.165) is 5.56 Å². The van der Waals surface area contributed by atoms with Crippen LogP contribution in [-0.2, 0) is 14.8 Å². The molecule has 2 aromatic rings. The minimum absolute atomic E-state index is 0.0605. The molecule has 138 valence electrons. The predicted octanol–water partition coefficient (Wildman–Crippen LogP) is 1.74. The molecule has 0 saturated carbocycles. The minimum Gasteiger partial charge on any atom is -0.338 e. The second-order valence-corrected chi connectivity index (χ2v) is 8.11. The third-order valence-corrected chi connectivity index (χ3v) is 6.18. The molecule has 8 heteroatoms. The van der Waals surface area contributed by atoms with E-state index in [2.05, 4.69) is 9.97 Å². The van der Waals surface area contributed by atoms with Crippen LogP contribution >= 0.6 is 0 Å². The molecule has 1 N–H and O–H groups in total. The Bertz CT molecular complexity index is 876. The maximum Gasteiger partial charge on any atom is 0.260 e. The predicted molar refractivity (Wildman–Crippen MR) is 98.6 cm³/mol. The Morgan fingerprint density at radius 3 is 2.62 bits per heavy atom. The Morgan fingerprint density at radius 1 is 1.15 bits per heavy atom. The first kappa shape index (κ1) is 18.3. The number of hydrogen-bond acceptors (Lipinski definition) is 4. The molecule has 0 aliphatic carbocycles. The van der Waals surface area contributed by atoms with Crippen molar-refractivity contribution >= 4 is 22.0 Å². The van der Waals surface area contributed by atoms with Crippen LogP contribution in [0.2, 0.25) is 0 Å². The molecule has 2 heterocycles. The fourth-order valence-corrected chi connectivity index (χ4v) is 4.34. The maximum absolute atomic E-state index is 12.7. The second-order valence-electron chi connectivity index (χ2n) is 6.20. The number of hydrogen-bond donors (Lipinski definition) is 1. The number of rotatable bonds is 4. The molecular formula is C18H22N4O3S. The molecule has 0 spiro atoms. The molecule has 1 aromatic heterocycles. The van der Waals surface area contributed by atoms with Gasteiger partial charge in [0.1, 0.15) is 0 Å². The molecule has 1 saturated heterocycles. The average molecular weight is 374 g/mol. The number of carbonyl (C=O) groups is 1. The Labute approximate surface area is 153 Å². The topological polar surface area (TPSA) is 86.4 Å². The van der Waals surface area contributed by atoms with Crippen LogP contribution in [0, 0.1) is 0 Å². The van der Waals surface area contributed by atoms with Gasteiger partial charge in [-0.3, -0.25) is 4.79 Å². The lowest BCUT2D eigenvalue weighted by Crippen LogP contribution is -2.37. The van der Waals surface area contributed by atoms with Gasteiger partial charge >= 0.3 is 0 Å². The molecule has 0 unspecified atom stereocenters. The van der Waals surface area contributed by atoms with Crippen molar-refractivity contribution in [3.8, 4) is 0 Å². The third-order valence-electron chi connectivity index (χ3n) is 4.35. The molecule has 0 atom stereocenters. The van der Waals surface area contributed by atoms with E-state index in [9.17, 15) is 13.2 Å². The van der Waals surface area contributed by atoms with Crippen LogP contribution in [0.25, 0.3) is 6.08 Å². The number of aromatic nitrogens is 2. The molecule has 1 amide bonds. The summed E-state index contributed by atoms with van der Waals surface area (Å²) in [5.74, 6) is -0.0605. The number of imidazole rings is 1. The van der Waals surface area contributed by atoms with E-state index < -0.39 is 10.0 Å². The van der Waals surface area contributed by atoms with Gasteiger partial charge in [0.25, 0.3) is 10.0 Å². The number of benzene rings is 1. The van der Waals surface area contributed by atoms with E-state index in [4.69, 9.17) is 0 Å². The van der Waals surface area contributed by atoms with Crippen LogP contribution in [0.5, 0.6) is 0 Å². The van der Waals surface area contributed by atoms with Crippen molar-refractivity contribution in [2.24, 2.45) is 0 Å². The monoisotopic (exact) mass is 374 g/mol. The van der Waals surface area contributed by atoms with Gasteiger partial charge in [-0.15, -0.1) is 0 Å². The molecule has 3 rings (SSSR count). The second kappa shape index (κ2) is 7.84. The van der Waals surface area contributed by atoms with Crippen LogP contribution in [0.3, 0.4) is 0 Å². The van der Waals surface area contributed by atoms with Crippen LogP contribution in [0.1, 0.15) is 18.9 Å². The Balaban J connectivity index is 1.69. The highest BCUT2D eigenvalue weighted by Gasteiger charge is 2.29. The van der Waals surface area contributed by atoms with Gasteiger partial charge in [0.2, 0.25) is 5.91 Å². The summed E-state index contributed by atoms with van der Waals surface area (Å²) in [5.41, 5.74) is 1.61. The zero-order chi connectivity index (χ0) is 18.6. The fourth-order valence-electron chi connectivity index (χ4n) is 2.97. The molecule has 1 aliphatic rings. The highest BCUT2D eigenvalue weighted by molar-refractivity contribution is 7.89. The van der Waals surface area contributed by atoms with E-state index >= 15 is 0 Å². The van der Waals surface area contributed by atoms with E-state index in [1.807, 2.05) is 36.4 Å². The Morgan fingerprint density at radius 2 is 1.92 bits per heavy atom. The van der Waals surface area contributed by atoms with E-state index in [0.29, 0.717) is 31.6 Å². The van der Waals surface area contributed by atoms with E-state index in [1.54, 1.807) is 11.8 Å². The standard InChI is InChI=1S/C18H22N4O3S/c1-15(12-16-6-3-2-4-7-16)18(23)21-8-5-9-22(11-10-21)26(24,25)17-13-19-14-20-17/h2-4,6-7,12-14H,5,8-11H2,1H3,(H,19,20). The van der Waals surface area contributed by atoms with Crippen LogP contribution in [0.4, 0.5) is 0 Å². The lowest BCUT2D eigenvalue weighted by atomic mass is 10.1. The Hall–Kier alpha value is -2.45. The van der Waals surface area contributed by atoms with Crippen molar-refractivity contribution in [3.05, 3.63) is 54.0 Å². The van der Waals surface area contributed by atoms with E-state index in [-0.39, 0.29) is 17.5 Å². The minimum atomic E-state index is -3.60. The molecule has 0 radical (unpaired) electrons. The molecule has 1 aliphatic heterocycles. The van der Waals surface area contributed by atoms with Gasteiger partial charge in [0.15, 0.2) is 5.03 Å². The summed E-state index contributed by atoms with van der Waals surface area (Å²) in [6.45, 7) is 3.34. The van der Waals surface area contributed by atoms with Gasteiger partial charge in [-0.1, -0.05) is 30.3 Å². The van der Waals surface area contributed by atoms with Crippen LogP contribution in [-0.4, -0.2) is 59.7 Å². The average Bonchev–Trinajstić information content (AvgIpc) is 3.07. The van der Waals surface area contributed by atoms with Gasteiger partial charge in [0.05, 0.1) is 12.5 Å². The summed E-state index contributed by atoms with van der Waals surface area (Å²) >= 11 is 0. The van der Waals surface area contributed by atoms with Crippen LogP contribution in [0.15, 0.2) is 53.5 Å². The van der Waals surface area contributed by atoms with E-state index in [1.165, 1.54) is 16.8 Å². The first-order valence-corrected chi connectivity index (χ1v) is 9.93. The maximum atomic E-state index is 12.7. The van der Waals surface area contributed by atoms with Gasteiger partial charge in [0, 0.05) is 31.8 Å². The smallest absolute Gasteiger partial charge is 0.260 e. The summed E-state index contributed by atoms with van der Waals surface area (Å²) in [6, 6.07) is 9.66. The number of amides is 1. The third kappa shape index (κ3) is 4.03.